The van der Waals surface area contributed by atoms with Gasteiger partial charge >= 0.3 is 0 Å². The normalized spacial score (nSPS) is 13.4. The highest BCUT2D eigenvalue weighted by Crippen LogP contribution is 2.19. The lowest BCUT2D eigenvalue weighted by Crippen LogP contribution is -2.37. The molecule has 0 fully saturated rings. The lowest BCUT2D eigenvalue weighted by atomic mass is 10.2. The molecule has 0 amide bonds. The Morgan fingerprint density at radius 1 is 1.50 bits per heavy atom. The summed E-state index contributed by atoms with van der Waals surface area (Å²) in [6.45, 7) is -0.0291. The molecule has 0 spiro atoms. The summed E-state index contributed by atoms with van der Waals surface area (Å²) in [5.74, 6) is 0. The van der Waals surface area contributed by atoms with E-state index in [1.54, 1.807) is 18.2 Å². The molecule has 1 unspecified atom stereocenters. The minimum Gasteiger partial charge on any atom is -0.389 e. The third-order valence-electron chi connectivity index (χ3n) is 2.67. The summed E-state index contributed by atoms with van der Waals surface area (Å²) >= 11 is 4.86. The molecule has 0 aliphatic carbocycles. The van der Waals surface area contributed by atoms with Gasteiger partial charge in [-0.1, -0.05) is 30.4 Å². The third-order valence-corrected chi connectivity index (χ3v) is 4.77. The first-order chi connectivity index (χ1) is 9.30. The smallest absolute Gasteiger partial charge is 0.243 e. The van der Waals surface area contributed by atoms with E-state index in [1.807, 2.05) is 0 Å². The monoisotopic (exact) mass is 318 g/mol. The summed E-state index contributed by atoms with van der Waals surface area (Å²) in [5, 5.41) is 9.63. The number of thiocarbonyl (C=S) groups is 1. The molecule has 6 nitrogen and oxygen atoms in total. The van der Waals surface area contributed by atoms with Crippen LogP contribution >= 0.6 is 12.2 Å². The Hall–Kier alpha value is -1.06. The summed E-state index contributed by atoms with van der Waals surface area (Å²) in [5.41, 5.74) is 5.83. The molecule has 0 saturated carbocycles. The summed E-state index contributed by atoms with van der Waals surface area (Å²) in [6, 6.07) is 6.24. The third kappa shape index (κ3) is 3.97. The molecule has 3 N–H and O–H groups in total. The highest BCUT2D eigenvalue weighted by Gasteiger charge is 2.26. The van der Waals surface area contributed by atoms with Crippen molar-refractivity contribution in [1.29, 1.82) is 0 Å². The van der Waals surface area contributed by atoms with E-state index in [1.165, 1.54) is 20.2 Å². The molecular weight excluding hydrogens is 300 g/mol. The van der Waals surface area contributed by atoms with Crippen molar-refractivity contribution < 1.29 is 18.3 Å². The topological polar surface area (TPSA) is 92.9 Å². The van der Waals surface area contributed by atoms with Gasteiger partial charge in [-0.3, -0.25) is 0 Å². The number of nitrogens with two attached hydrogens (primary N) is 1. The molecule has 8 heteroatoms. The van der Waals surface area contributed by atoms with Gasteiger partial charge in [0, 0.05) is 26.3 Å². The molecule has 0 bridgehead atoms. The second kappa shape index (κ2) is 7.09. The van der Waals surface area contributed by atoms with Crippen molar-refractivity contribution in [2.75, 3.05) is 27.3 Å². The zero-order chi connectivity index (χ0) is 15.3. The van der Waals surface area contributed by atoms with Gasteiger partial charge in [0.2, 0.25) is 10.0 Å². The van der Waals surface area contributed by atoms with Crippen LogP contribution in [0.1, 0.15) is 5.56 Å². The Morgan fingerprint density at radius 2 is 2.10 bits per heavy atom. The highest BCUT2D eigenvalue weighted by atomic mass is 32.2. The average molecular weight is 318 g/mol. The van der Waals surface area contributed by atoms with Crippen LogP contribution in [0.5, 0.6) is 0 Å². The number of nitrogens with zero attached hydrogens (tertiary/aromatic N) is 1. The summed E-state index contributed by atoms with van der Waals surface area (Å²) in [7, 11) is -0.968. The second-order valence-corrected chi connectivity index (χ2v) is 6.71. The number of aliphatic hydroxyl groups is 1. The maximum atomic E-state index is 12.5. The number of likely N-dealkylation sites (N-methyl/N-ethyl adjacent to an activating group) is 1. The van der Waals surface area contributed by atoms with Gasteiger partial charge in [-0.25, -0.2) is 8.42 Å². The number of aliphatic hydroxyl groups excluding tert-OH is 1. The maximum Gasteiger partial charge on any atom is 0.243 e. The molecule has 0 heterocycles. The van der Waals surface area contributed by atoms with Crippen molar-refractivity contribution in [2.24, 2.45) is 5.73 Å². The number of benzene rings is 1. The first kappa shape index (κ1) is 17.0. The fourth-order valence-electron chi connectivity index (χ4n) is 1.70. The van der Waals surface area contributed by atoms with Crippen LogP contribution < -0.4 is 5.73 Å². The molecule has 0 aromatic heterocycles. The van der Waals surface area contributed by atoms with Crippen molar-refractivity contribution in [3.63, 3.8) is 0 Å². The largest absolute Gasteiger partial charge is 0.389 e. The molecule has 0 saturated heterocycles. The van der Waals surface area contributed by atoms with Gasteiger partial charge in [-0.2, -0.15) is 4.31 Å². The first-order valence-electron chi connectivity index (χ1n) is 5.83. The summed E-state index contributed by atoms with van der Waals surface area (Å²) in [6.07, 6.45) is -0.906. The molecule has 20 heavy (non-hydrogen) atoms. The van der Waals surface area contributed by atoms with Gasteiger partial charge in [0.05, 0.1) is 17.6 Å². The van der Waals surface area contributed by atoms with Gasteiger partial charge in [0.25, 0.3) is 0 Å². The predicted octanol–water partition coefficient (Wildman–Crippen LogP) is -0.0514. The SMILES string of the molecule is COCC(O)CN(C)S(=O)(=O)c1ccccc1C(N)=S. The van der Waals surface area contributed by atoms with Gasteiger partial charge in [-0.15, -0.1) is 0 Å². The van der Waals surface area contributed by atoms with Gasteiger partial charge < -0.3 is 15.6 Å². The summed E-state index contributed by atoms with van der Waals surface area (Å²) in [4.78, 5) is 0.0367. The van der Waals surface area contributed by atoms with E-state index >= 15 is 0 Å². The Kier molecular flexibility index (Phi) is 6.03. The summed E-state index contributed by atoms with van der Waals surface area (Å²) < 4.78 is 30.7. The van der Waals surface area contributed by atoms with Crippen molar-refractivity contribution in [1.82, 2.24) is 4.31 Å². The van der Waals surface area contributed by atoms with E-state index in [4.69, 9.17) is 22.7 Å². The van der Waals surface area contributed by atoms with E-state index in [9.17, 15) is 13.5 Å². The first-order valence-corrected chi connectivity index (χ1v) is 7.67. The molecule has 0 radical (unpaired) electrons. The number of sulfonamides is 1. The van der Waals surface area contributed by atoms with Gasteiger partial charge in [-0.05, 0) is 6.07 Å². The molecule has 1 aromatic carbocycles. The lowest BCUT2D eigenvalue weighted by molar-refractivity contribution is 0.0554. The van der Waals surface area contributed by atoms with Gasteiger partial charge in [0.15, 0.2) is 0 Å². The molecule has 112 valence electrons. The fourth-order valence-corrected chi connectivity index (χ4v) is 3.36. The van der Waals surface area contributed by atoms with Crippen molar-refractivity contribution >= 4 is 27.2 Å². The van der Waals surface area contributed by atoms with Crippen molar-refractivity contribution in [3.05, 3.63) is 29.8 Å². The molecular formula is C12H18N2O4S2. The minimum absolute atomic E-state index is 0.00927. The van der Waals surface area contributed by atoms with E-state index in [-0.39, 0.29) is 28.6 Å². The fraction of sp³-hybridized carbons (Fsp3) is 0.417. The van der Waals surface area contributed by atoms with E-state index < -0.39 is 16.1 Å². The Labute approximate surface area is 124 Å². The molecule has 1 atom stereocenters. The quantitative estimate of drug-likeness (QED) is 0.685. The van der Waals surface area contributed by atoms with Crippen molar-refractivity contribution in [3.8, 4) is 0 Å². The molecule has 0 aliphatic rings. The van der Waals surface area contributed by atoms with Crippen LogP contribution in [0.15, 0.2) is 29.2 Å². The van der Waals surface area contributed by atoms with Crippen LogP contribution in [0, 0.1) is 0 Å². The number of ether oxygens (including phenoxy) is 1. The Morgan fingerprint density at radius 3 is 2.65 bits per heavy atom. The number of methoxy groups -OCH3 is 1. The number of rotatable bonds is 7. The van der Waals surface area contributed by atoms with Crippen LogP contribution in [0.3, 0.4) is 0 Å². The van der Waals surface area contributed by atoms with Crippen LogP contribution in [0.2, 0.25) is 0 Å². The molecule has 0 aliphatic heterocycles. The maximum absolute atomic E-state index is 12.5. The van der Waals surface area contributed by atoms with E-state index in [0.717, 1.165) is 4.31 Å². The Balaban J connectivity index is 3.08. The zero-order valence-corrected chi connectivity index (χ0v) is 12.9. The minimum atomic E-state index is -3.78. The predicted molar refractivity (Wildman–Crippen MR) is 80.0 cm³/mol. The number of hydrogen-bond acceptors (Lipinski definition) is 5. The van der Waals surface area contributed by atoms with Crippen LogP contribution in [0.25, 0.3) is 0 Å². The molecule has 1 aromatic rings. The van der Waals surface area contributed by atoms with Crippen LogP contribution in [-0.4, -0.2) is 56.2 Å². The van der Waals surface area contributed by atoms with Gasteiger partial charge in [0.1, 0.15) is 4.99 Å². The lowest BCUT2D eigenvalue weighted by Gasteiger charge is -2.21. The highest BCUT2D eigenvalue weighted by molar-refractivity contribution is 7.89. The van der Waals surface area contributed by atoms with Crippen LogP contribution in [-0.2, 0) is 14.8 Å². The Bertz CT molecular complexity index is 575. The average Bonchev–Trinajstić information content (AvgIpc) is 2.38. The van der Waals surface area contributed by atoms with Crippen LogP contribution in [0.4, 0.5) is 0 Å². The zero-order valence-electron chi connectivity index (χ0n) is 11.3. The van der Waals surface area contributed by atoms with E-state index in [0.29, 0.717) is 0 Å². The second-order valence-electron chi connectivity index (χ2n) is 4.26. The number of hydrogen-bond donors (Lipinski definition) is 2. The standard InChI is InChI=1S/C12H18N2O4S2/c1-14(7-9(15)8-18-2)20(16,17)11-6-4-3-5-10(11)12(13)19/h3-6,9,15H,7-8H2,1-2H3,(H2,13,19). The van der Waals surface area contributed by atoms with E-state index in [2.05, 4.69) is 0 Å². The molecule has 1 rings (SSSR count). The van der Waals surface area contributed by atoms with Crippen molar-refractivity contribution in [2.45, 2.75) is 11.0 Å².